The third-order valence-corrected chi connectivity index (χ3v) is 5.31. The fourth-order valence-corrected chi connectivity index (χ4v) is 3.72. The molecule has 176 valence electrons. The Morgan fingerprint density at radius 3 is 2.74 bits per heavy atom. The summed E-state index contributed by atoms with van der Waals surface area (Å²) >= 11 is 0. The van der Waals surface area contributed by atoms with Gasteiger partial charge in [0.25, 0.3) is 0 Å². The predicted molar refractivity (Wildman–Crippen MR) is 127 cm³/mol. The van der Waals surface area contributed by atoms with Gasteiger partial charge in [-0.2, -0.15) is 9.97 Å². The zero-order valence-corrected chi connectivity index (χ0v) is 19.7. The van der Waals surface area contributed by atoms with Crippen LogP contribution in [0.25, 0.3) is 10.9 Å². The number of nitrogens with zero attached hydrogens (tertiary/aromatic N) is 4. The van der Waals surface area contributed by atoms with Crippen LogP contribution >= 0.6 is 0 Å². The third kappa shape index (κ3) is 5.73. The van der Waals surface area contributed by atoms with Crippen LogP contribution in [0.3, 0.4) is 0 Å². The molecule has 0 N–H and O–H groups in total. The first kappa shape index (κ1) is 23.3. The number of likely N-dealkylation sites (tertiary alicyclic amines) is 1. The summed E-state index contributed by atoms with van der Waals surface area (Å²) in [6, 6.07) is 11.6. The number of ether oxygens (including phenoxy) is 3. The summed E-state index contributed by atoms with van der Waals surface area (Å²) in [7, 11) is 0. The van der Waals surface area contributed by atoms with Gasteiger partial charge in [0.2, 0.25) is 5.88 Å². The van der Waals surface area contributed by atoms with Gasteiger partial charge in [0, 0.05) is 18.0 Å². The van der Waals surface area contributed by atoms with Crippen LogP contribution in [-0.4, -0.2) is 50.7 Å². The highest BCUT2D eigenvalue weighted by atomic mass is 16.6. The first-order valence-corrected chi connectivity index (χ1v) is 11.3. The lowest BCUT2D eigenvalue weighted by molar-refractivity contribution is 0.0184. The van der Waals surface area contributed by atoms with Crippen LogP contribution in [0.5, 0.6) is 11.9 Å². The fraction of sp³-hybridized carbons (Fsp3) is 0.385. The van der Waals surface area contributed by atoms with Crippen molar-refractivity contribution >= 4 is 17.0 Å². The number of hydrogen-bond donors (Lipinski definition) is 0. The van der Waals surface area contributed by atoms with Crippen LogP contribution in [0.1, 0.15) is 44.9 Å². The van der Waals surface area contributed by atoms with Crippen molar-refractivity contribution in [2.75, 3.05) is 13.2 Å². The van der Waals surface area contributed by atoms with Crippen molar-refractivity contribution in [1.82, 2.24) is 19.9 Å². The van der Waals surface area contributed by atoms with E-state index in [1.807, 2.05) is 51.1 Å². The van der Waals surface area contributed by atoms with E-state index in [2.05, 4.69) is 20.9 Å². The van der Waals surface area contributed by atoms with Gasteiger partial charge in [-0.25, -0.2) is 9.78 Å². The number of carbonyl (C=O) groups is 1. The second-order valence-corrected chi connectivity index (χ2v) is 9.09. The number of aromatic nitrogens is 3. The van der Waals surface area contributed by atoms with E-state index in [1.165, 1.54) is 0 Å². The number of amides is 1. The molecule has 0 aliphatic carbocycles. The molecule has 34 heavy (non-hydrogen) atoms. The Labute approximate surface area is 199 Å². The molecule has 4 rings (SSSR count). The molecule has 1 saturated heterocycles. The molecule has 1 aliphatic heterocycles. The molecule has 0 spiro atoms. The lowest BCUT2D eigenvalue weighted by Gasteiger charge is -2.28. The van der Waals surface area contributed by atoms with Gasteiger partial charge in [0.05, 0.1) is 17.8 Å². The Balaban J connectivity index is 1.45. The van der Waals surface area contributed by atoms with E-state index in [0.29, 0.717) is 35.6 Å². The Morgan fingerprint density at radius 2 is 2.00 bits per heavy atom. The van der Waals surface area contributed by atoms with E-state index in [9.17, 15) is 4.79 Å². The molecule has 1 fully saturated rings. The molecule has 1 atom stereocenters. The van der Waals surface area contributed by atoms with Crippen LogP contribution in [0.4, 0.5) is 4.79 Å². The van der Waals surface area contributed by atoms with Crippen LogP contribution < -0.4 is 9.47 Å². The zero-order valence-electron chi connectivity index (χ0n) is 19.7. The summed E-state index contributed by atoms with van der Waals surface area (Å²) in [4.78, 5) is 27.4. The van der Waals surface area contributed by atoms with Gasteiger partial charge < -0.3 is 19.1 Å². The van der Waals surface area contributed by atoms with Crippen LogP contribution in [0.15, 0.2) is 42.6 Å². The Morgan fingerprint density at radius 1 is 1.21 bits per heavy atom. The lowest BCUT2D eigenvalue weighted by Crippen LogP contribution is -2.42. The fourth-order valence-electron chi connectivity index (χ4n) is 3.72. The van der Waals surface area contributed by atoms with Crippen molar-refractivity contribution in [1.29, 1.82) is 0 Å². The number of pyridine rings is 1. The quantitative estimate of drug-likeness (QED) is 0.505. The molecule has 2 aromatic heterocycles. The minimum Gasteiger partial charge on any atom is -0.473 e. The Hall–Kier alpha value is -3.86. The minimum absolute atomic E-state index is 0.115. The second kappa shape index (κ2) is 9.96. The first-order valence-electron chi connectivity index (χ1n) is 11.3. The maximum absolute atomic E-state index is 12.5. The van der Waals surface area contributed by atoms with Crippen molar-refractivity contribution in [2.45, 2.75) is 51.9 Å². The molecule has 0 saturated carbocycles. The van der Waals surface area contributed by atoms with E-state index in [4.69, 9.17) is 20.6 Å². The average Bonchev–Trinajstić information content (AvgIpc) is 3.29. The minimum atomic E-state index is -0.551. The molecule has 3 heterocycles. The SMILES string of the molecule is C#Cc1nc(OC[C@@H]2CCCN2C(=O)OC(C)(C)C)nc2cnc(OCc3ccccc3)cc12. The molecule has 8 nitrogen and oxygen atoms in total. The number of benzene rings is 1. The van der Waals surface area contributed by atoms with Crippen molar-refractivity contribution in [3.05, 3.63) is 53.9 Å². The molecule has 1 aliphatic rings. The van der Waals surface area contributed by atoms with E-state index >= 15 is 0 Å². The van der Waals surface area contributed by atoms with Gasteiger partial charge in [-0.3, -0.25) is 0 Å². The lowest BCUT2D eigenvalue weighted by atomic mass is 10.2. The molecule has 1 aromatic carbocycles. The maximum atomic E-state index is 12.5. The number of hydrogen-bond acceptors (Lipinski definition) is 7. The monoisotopic (exact) mass is 460 g/mol. The van der Waals surface area contributed by atoms with Crippen molar-refractivity contribution in [3.63, 3.8) is 0 Å². The summed E-state index contributed by atoms with van der Waals surface area (Å²) in [5.74, 6) is 3.03. The highest BCUT2D eigenvalue weighted by Gasteiger charge is 2.32. The number of rotatable bonds is 6. The van der Waals surface area contributed by atoms with E-state index < -0.39 is 5.60 Å². The van der Waals surface area contributed by atoms with Gasteiger partial charge in [0.15, 0.2) is 0 Å². The molecule has 1 amide bonds. The highest BCUT2D eigenvalue weighted by Crippen LogP contribution is 2.24. The standard InChI is InChI=1S/C26H28N4O4/c1-5-21-20-14-23(32-16-18-10-7-6-8-11-18)27-15-22(20)29-24(28-21)33-17-19-12-9-13-30(19)25(31)34-26(2,3)4/h1,6-8,10-11,14-15,19H,9,12-13,16-17H2,2-4H3/t19-/m0/s1. The van der Waals surface area contributed by atoms with E-state index in [-0.39, 0.29) is 24.8 Å². The summed E-state index contributed by atoms with van der Waals surface area (Å²) in [6.07, 6.45) is 8.67. The highest BCUT2D eigenvalue weighted by molar-refractivity contribution is 5.83. The van der Waals surface area contributed by atoms with Crippen molar-refractivity contribution < 1.29 is 19.0 Å². The van der Waals surface area contributed by atoms with Gasteiger partial charge >= 0.3 is 12.1 Å². The van der Waals surface area contributed by atoms with E-state index in [1.54, 1.807) is 17.2 Å². The second-order valence-electron chi connectivity index (χ2n) is 9.09. The predicted octanol–water partition coefficient (Wildman–Crippen LogP) is 4.36. The van der Waals surface area contributed by atoms with Gasteiger partial charge in [-0.05, 0) is 45.1 Å². The van der Waals surface area contributed by atoms with Crippen LogP contribution in [0.2, 0.25) is 0 Å². The van der Waals surface area contributed by atoms with Crippen LogP contribution in [-0.2, 0) is 11.3 Å². The zero-order chi connectivity index (χ0) is 24.1. The molecule has 0 unspecified atom stereocenters. The number of carbonyl (C=O) groups excluding carboxylic acids is 1. The number of terminal acetylenes is 1. The van der Waals surface area contributed by atoms with Gasteiger partial charge in [-0.15, -0.1) is 6.42 Å². The van der Waals surface area contributed by atoms with Crippen molar-refractivity contribution in [3.8, 4) is 24.2 Å². The molecule has 0 bridgehead atoms. The van der Waals surface area contributed by atoms with Crippen molar-refractivity contribution in [2.24, 2.45) is 0 Å². The topological polar surface area (TPSA) is 86.7 Å². The summed E-state index contributed by atoms with van der Waals surface area (Å²) in [5, 5.41) is 0.657. The van der Waals surface area contributed by atoms with Gasteiger partial charge in [0.1, 0.15) is 24.5 Å². The maximum Gasteiger partial charge on any atom is 0.410 e. The smallest absolute Gasteiger partial charge is 0.410 e. The summed E-state index contributed by atoms with van der Waals surface area (Å²) < 4.78 is 17.2. The molecular weight excluding hydrogens is 432 g/mol. The largest absolute Gasteiger partial charge is 0.473 e. The molecule has 0 radical (unpaired) electrons. The average molecular weight is 461 g/mol. The third-order valence-electron chi connectivity index (χ3n) is 5.31. The normalized spacial score (nSPS) is 15.7. The van der Waals surface area contributed by atoms with Gasteiger partial charge in [-0.1, -0.05) is 30.3 Å². The number of fused-ring (bicyclic) bond motifs is 1. The summed E-state index contributed by atoms with van der Waals surface area (Å²) in [6.45, 7) is 6.82. The summed E-state index contributed by atoms with van der Waals surface area (Å²) in [5.41, 5.74) is 1.43. The Kier molecular flexibility index (Phi) is 6.82. The molecular formula is C26H28N4O4. The first-order chi connectivity index (χ1) is 16.3. The molecule has 8 heteroatoms. The Bertz CT molecular complexity index is 1200. The van der Waals surface area contributed by atoms with E-state index in [0.717, 1.165) is 18.4 Å². The van der Waals surface area contributed by atoms with Crippen LogP contribution in [0, 0.1) is 12.3 Å². The molecule has 3 aromatic rings.